The maximum Gasteiger partial charge on any atom is 0.0668 e. The molecule has 0 aliphatic rings. The normalized spacial score (nSPS) is 12.3. The van der Waals surface area contributed by atoms with Crippen LogP contribution in [0.5, 0.6) is 0 Å². The summed E-state index contributed by atoms with van der Waals surface area (Å²) in [6.45, 7) is 2.15. The summed E-state index contributed by atoms with van der Waals surface area (Å²) in [5, 5.41) is 3.42. The van der Waals surface area contributed by atoms with Gasteiger partial charge in [-0.3, -0.25) is 0 Å². The molecule has 1 nitrogen and oxygen atoms in total. The van der Waals surface area contributed by atoms with Gasteiger partial charge in [0.2, 0.25) is 0 Å². The summed E-state index contributed by atoms with van der Waals surface area (Å²) >= 11 is 1.85. The maximum atomic E-state index is 3.42. The minimum absolute atomic E-state index is 0.272. The molecule has 1 N–H and O–H groups in total. The van der Waals surface area contributed by atoms with E-state index >= 15 is 0 Å². The molecule has 3 rings (SSSR count). The number of aryl methyl sites for hydroxylation is 1. The number of rotatable bonds is 4. The summed E-state index contributed by atoms with van der Waals surface area (Å²) in [6.07, 6.45) is 0. The number of hydrogen-bond acceptors (Lipinski definition) is 2. The summed E-state index contributed by atoms with van der Waals surface area (Å²) in [7, 11) is 2.02. The smallest absolute Gasteiger partial charge is 0.0668 e. The zero-order valence-electron chi connectivity index (χ0n) is 12.3. The van der Waals surface area contributed by atoms with Gasteiger partial charge in [-0.05, 0) is 42.8 Å². The molecule has 1 heterocycles. The van der Waals surface area contributed by atoms with Crippen LogP contribution in [0.15, 0.2) is 66.7 Å². The van der Waals surface area contributed by atoms with Crippen LogP contribution < -0.4 is 5.32 Å². The summed E-state index contributed by atoms with van der Waals surface area (Å²) in [5.41, 5.74) is 3.83. The topological polar surface area (TPSA) is 12.0 Å². The predicted molar refractivity (Wildman–Crippen MR) is 91.8 cm³/mol. The van der Waals surface area contributed by atoms with Gasteiger partial charge in [0.15, 0.2) is 0 Å². The molecule has 0 radical (unpaired) electrons. The van der Waals surface area contributed by atoms with E-state index < -0.39 is 0 Å². The molecule has 0 saturated heterocycles. The third-order valence-electron chi connectivity index (χ3n) is 3.69. The lowest BCUT2D eigenvalue weighted by atomic mass is 10.00. The van der Waals surface area contributed by atoms with Crippen molar-refractivity contribution < 1.29 is 0 Å². The molecule has 0 fully saturated rings. The Morgan fingerprint density at radius 2 is 1.48 bits per heavy atom. The Morgan fingerprint density at radius 1 is 0.810 bits per heavy atom. The highest BCUT2D eigenvalue weighted by Crippen LogP contribution is 2.29. The van der Waals surface area contributed by atoms with Crippen LogP contribution in [0.4, 0.5) is 0 Å². The highest BCUT2D eigenvalue weighted by molar-refractivity contribution is 7.12. The number of thiophene rings is 1. The standard InChI is InChI=1S/C19H19NS/c1-14-8-13-18(21-14)19(20-2)17-11-9-16(10-12-17)15-6-4-3-5-7-15/h3-13,19-20H,1-2H3. The number of benzene rings is 2. The van der Waals surface area contributed by atoms with E-state index in [0.717, 1.165) is 0 Å². The van der Waals surface area contributed by atoms with E-state index in [1.54, 1.807) is 0 Å². The minimum Gasteiger partial charge on any atom is -0.309 e. The average molecular weight is 293 g/mol. The Kier molecular flexibility index (Phi) is 4.18. The molecule has 2 heteroatoms. The highest BCUT2D eigenvalue weighted by Gasteiger charge is 2.13. The second-order valence-electron chi connectivity index (χ2n) is 5.16. The van der Waals surface area contributed by atoms with E-state index in [0.29, 0.717) is 0 Å². The molecule has 0 aliphatic carbocycles. The third kappa shape index (κ3) is 3.07. The molecular formula is C19H19NS. The Hall–Kier alpha value is -1.90. The molecule has 3 aromatic rings. The second kappa shape index (κ2) is 6.25. The largest absolute Gasteiger partial charge is 0.309 e. The minimum atomic E-state index is 0.272. The molecule has 1 unspecified atom stereocenters. The molecular weight excluding hydrogens is 274 g/mol. The Balaban J connectivity index is 1.89. The van der Waals surface area contributed by atoms with Gasteiger partial charge in [-0.2, -0.15) is 0 Å². The second-order valence-corrected chi connectivity index (χ2v) is 6.48. The lowest BCUT2D eigenvalue weighted by molar-refractivity contribution is 0.704. The first-order valence-electron chi connectivity index (χ1n) is 7.17. The molecule has 0 amide bonds. The van der Waals surface area contributed by atoms with Crippen LogP contribution in [-0.4, -0.2) is 7.05 Å². The van der Waals surface area contributed by atoms with Gasteiger partial charge in [-0.15, -0.1) is 11.3 Å². The Bertz CT molecular complexity index is 698. The quantitative estimate of drug-likeness (QED) is 0.711. The highest BCUT2D eigenvalue weighted by atomic mass is 32.1. The van der Waals surface area contributed by atoms with Crippen LogP contribution in [0.1, 0.15) is 21.4 Å². The molecule has 0 saturated carbocycles. The van der Waals surface area contributed by atoms with Crippen molar-refractivity contribution >= 4 is 11.3 Å². The van der Waals surface area contributed by atoms with Gasteiger partial charge in [-0.25, -0.2) is 0 Å². The van der Waals surface area contributed by atoms with Crippen molar-refractivity contribution in [2.45, 2.75) is 13.0 Å². The lowest BCUT2D eigenvalue weighted by Gasteiger charge is -2.15. The molecule has 1 atom stereocenters. The molecule has 0 spiro atoms. The monoisotopic (exact) mass is 293 g/mol. The van der Waals surface area contributed by atoms with Crippen LogP contribution in [0.25, 0.3) is 11.1 Å². The zero-order valence-corrected chi connectivity index (χ0v) is 13.2. The summed E-state index contributed by atoms with van der Waals surface area (Å²) in [5.74, 6) is 0. The van der Waals surface area contributed by atoms with Gasteiger partial charge in [0, 0.05) is 9.75 Å². The fourth-order valence-electron chi connectivity index (χ4n) is 2.58. The van der Waals surface area contributed by atoms with E-state index in [4.69, 9.17) is 0 Å². The fraction of sp³-hybridized carbons (Fsp3) is 0.158. The third-order valence-corrected chi connectivity index (χ3v) is 4.75. The molecule has 0 aliphatic heterocycles. The van der Waals surface area contributed by atoms with Gasteiger partial charge in [0.1, 0.15) is 0 Å². The van der Waals surface area contributed by atoms with Crippen molar-refractivity contribution in [2.75, 3.05) is 7.05 Å². The van der Waals surface area contributed by atoms with Crippen molar-refractivity contribution in [3.63, 3.8) is 0 Å². The lowest BCUT2D eigenvalue weighted by Crippen LogP contribution is -2.16. The summed E-state index contributed by atoms with van der Waals surface area (Å²) in [4.78, 5) is 2.72. The van der Waals surface area contributed by atoms with Gasteiger partial charge in [0.25, 0.3) is 0 Å². The van der Waals surface area contributed by atoms with E-state index in [1.807, 2.05) is 24.5 Å². The first-order chi connectivity index (χ1) is 10.3. The first-order valence-corrected chi connectivity index (χ1v) is 7.98. The van der Waals surface area contributed by atoms with Crippen LogP contribution in [0.2, 0.25) is 0 Å². The average Bonchev–Trinajstić information content (AvgIpc) is 2.96. The van der Waals surface area contributed by atoms with Gasteiger partial charge in [0.05, 0.1) is 6.04 Å². The number of nitrogens with one attached hydrogen (secondary N) is 1. The Labute approximate surface area is 130 Å². The predicted octanol–water partition coefficient (Wildman–Crippen LogP) is 5.03. The zero-order chi connectivity index (χ0) is 14.7. The van der Waals surface area contributed by atoms with E-state index in [2.05, 4.69) is 72.9 Å². The van der Waals surface area contributed by atoms with E-state index in [1.165, 1.54) is 26.4 Å². The number of hydrogen-bond donors (Lipinski definition) is 1. The van der Waals surface area contributed by atoms with Crippen molar-refractivity contribution in [1.29, 1.82) is 0 Å². The molecule has 21 heavy (non-hydrogen) atoms. The van der Waals surface area contributed by atoms with Gasteiger partial charge >= 0.3 is 0 Å². The van der Waals surface area contributed by atoms with Crippen LogP contribution in [0.3, 0.4) is 0 Å². The summed E-state index contributed by atoms with van der Waals surface area (Å²) in [6, 6.07) is 24.0. The van der Waals surface area contributed by atoms with Crippen LogP contribution >= 0.6 is 11.3 Å². The Morgan fingerprint density at radius 3 is 2.05 bits per heavy atom. The van der Waals surface area contributed by atoms with Gasteiger partial charge in [-0.1, -0.05) is 54.6 Å². The molecule has 1 aromatic heterocycles. The van der Waals surface area contributed by atoms with Crippen molar-refractivity contribution in [2.24, 2.45) is 0 Å². The van der Waals surface area contributed by atoms with E-state index in [9.17, 15) is 0 Å². The molecule has 2 aromatic carbocycles. The SMILES string of the molecule is CNC(c1ccc(-c2ccccc2)cc1)c1ccc(C)s1. The maximum absolute atomic E-state index is 3.42. The van der Waals surface area contributed by atoms with Gasteiger partial charge < -0.3 is 5.32 Å². The van der Waals surface area contributed by atoms with Crippen LogP contribution in [-0.2, 0) is 0 Å². The van der Waals surface area contributed by atoms with Crippen LogP contribution in [0, 0.1) is 6.92 Å². The fourth-order valence-corrected chi connectivity index (χ4v) is 3.60. The molecule has 106 valence electrons. The van der Waals surface area contributed by atoms with Crippen molar-refractivity contribution in [3.8, 4) is 11.1 Å². The van der Waals surface area contributed by atoms with Crippen molar-refractivity contribution in [3.05, 3.63) is 82.0 Å². The molecule has 0 bridgehead atoms. The van der Waals surface area contributed by atoms with Crippen molar-refractivity contribution in [1.82, 2.24) is 5.32 Å². The van der Waals surface area contributed by atoms with E-state index in [-0.39, 0.29) is 6.04 Å². The first kappa shape index (κ1) is 14.1. The summed E-state index contributed by atoms with van der Waals surface area (Å²) < 4.78 is 0.